The van der Waals surface area contributed by atoms with Crippen molar-refractivity contribution in [2.45, 2.75) is 43.4 Å². The first-order chi connectivity index (χ1) is 12.5. The number of hydrogen-bond acceptors (Lipinski definition) is 3. The monoisotopic (exact) mass is 596 g/mol. The van der Waals surface area contributed by atoms with Crippen molar-refractivity contribution >= 4 is 57.2 Å². The Morgan fingerprint density at radius 1 is 1.19 bits per heavy atom. The first-order valence-electron chi connectivity index (χ1n) is 8.78. The van der Waals surface area contributed by atoms with Crippen LogP contribution in [0.4, 0.5) is 0 Å². The zero-order valence-corrected chi connectivity index (χ0v) is 20.0. The highest BCUT2D eigenvalue weighted by molar-refractivity contribution is 14.1. The molecule has 0 fully saturated rings. The van der Waals surface area contributed by atoms with Gasteiger partial charge in [-0.25, -0.2) is 0 Å². The second kappa shape index (κ2) is 9.41. The van der Waals surface area contributed by atoms with Gasteiger partial charge in [0.1, 0.15) is 0 Å². The Morgan fingerprint density at radius 3 is 2.58 bits per heavy atom. The summed E-state index contributed by atoms with van der Waals surface area (Å²) in [7, 11) is 0. The van der Waals surface area contributed by atoms with Crippen LogP contribution >= 0.6 is 57.2 Å². The average Bonchev–Trinajstić information content (AvgIpc) is 2.62. The molecule has 0 saturated carbocycles. The van der Waals surface area contributed by atoms with Crippen LogP contribution < -0.4 is 8.38 Å². The number of alkyl halides is 1. The van der Waals surface area contributed by atoms with E-state index in [2.05, 4.69) is 77.0 Å². The topological polar surface area (TPSA) is 24.5 Å². The Labute approximate surface area is 188 Å². The molecule has 1 aliphatic heterocycles. The van der Waals surface area contributed by atoms with Gasteiger partial charge in [0.15, 0.2) is 28.8 Å². The van der Waals surface area contributed by atoms with E-state index >= 15 is 0 Å². The van der Waals surface area contributed by atoms with Crippen LogP contribution in [0.25, 0.3) is 0 Å². The third kappa shape index (κ3) is 5.04. The molecule has 2 aromatic rings. The number of halogens is 3. The maximum Gasteiger partial charge on any atom is 0.192 e. The molecule has 0 aliphatic carbocycles. The lowest BCUT2D eigenvalue weighted by Crippen LogP contribution is -2.30. The highest BCUT2D eigenvalue weighted by Crippen LogP contribution is 2.35. The standard InChI is InChI=1S/C20H23ClI2N2O/c1-13(2)24-20(22)15-5-3-14(4-6-15)11-25-10-9-17-16(12-25)7-8-18(26-23)19(17)21/h3-8,13,20,24H,9-12H2,1-2H3. The lowest BCUT2D eigenvalue weighted by molar-refractivity contribution is 0.245. The average molecular weight is 597 g/mol. The fourth-order valence-electron chi connectivity index (χ4n) is 3.28. The quantitative estimate of drug-likeness (QED) is 0.249. The predicted octanol–water partition coefficient (Wildman–Crippen LogP) is 6.06. The van der Waals surface area contributed by atoms with Crippen molar-refractivity contribution in [3.05, 3.63) is 63.7 Å². The number of fused-ring (bicyclic) bond motifs is 1. The first kappa shape index (κ1) is 20.6. The molecule has 1 unspecified atom stereocenters. The van der Waals surface area contributed by atoms with Gasteiger partial charge in [0.2, 0.25) is 0 Å². The number of nitrogens with zero attached hydrogens (tertiary/aromatic N) is 1. The molecule has 0 bridgehead atoms. The van der Waals surface area contributed by atoms with Crippen LogP contribution in [-0.2, 0) is 19.5 Å². The van der Waals surface area contributed by atoms with E-state index in [1.807, 2.05) is 29.1 Å². The molecule has 6 heteroatoms. The molecule has 2 aromatic carbocycles. The van der Waals surface area contributed by atoms with E-state index in [9.17, 15) is 0 Å². The van der Waals surface area contributed by atoms with Gasteiger partial charge in [0.25, 0.3) is 0 Å². The zero-order chi connectivity index (χ0) is 18.7. The van der Waals surface area contributed by atoms with E-state index in [4.69, 9.17) is 14.7 Å². The maximum atomic E-state index is 6.46. The molecule has 3 rings (SSSR count). The Kier molecular flexibility index (Phi) is 7.47. The summed E-state index contributed by atoms with van der Waals surface area (Å²) in [6, 6.07) is 13.6. The van der Waals surface area contributed by atoms with Crippen LogP contribution in [0.15, 0.2) is 36.4 Å². The predicted molar refractivity (Wildman–Crippen MR) is 125 cm³/mol. The third-order valence-corrected chi connectivity index (χ3v) is 6.59. The van der Waals surface area contributed by atoms with Gasteiger partial charge in [0.05, 0.1) is 9.07 Å². The smallest absolute Gasteiger partial charge is 0.192 e. The van der Waals surface area contributed by atoms with E-state index < -0.39 is 0 Å². The molecule has 0 aromatic heterocycles. The molecule has 0 amide bonds. The molecule has 1 heterocycles. The fourth-order valence-corrected chi connectivity index (χ4v) is 5.23. The SMILES string of the molecule is CC(C)NC(I)c1ccc(CN2CCc3c(ccc(OI)c3Cl)C2)cc1. The Bertz CT molecular complexity index is 752. The van der Waals surface area contributed by atoms with Crippen LogP contribution in [0.5, 0.6) is 5.75 Å². The van der Waals surface area contributed by atoms with Crippen LogP contribution in [0.3, 0.4) is 0 Å². The lowest BCUT2D eigenvalue weighted by Gasteiger charge is -2.29. The summed E-state index contributed by atoms with van der Waals surface area (Å²) in [5.74, 6) is 0.762. The summed E-state index contributed by atoms with van der Waals surface area (Å²) in [6.45, 7) is 7.27. The maximum absolute atomic E-state index is 6.46. The van der Waals surface area contributed by atoms with Gasteiger partial charge in [-0.15, -0.1) is 0 Å². The highest BCUT2D eigenvalue weighted by Gasteiger charge is 2.21. The second-order valence-electron chi connectivity index (χ2n) is 6.98. The molecule has 26 heavy (non-hydrogen) atoms. The number of nitrogens with one attached hydrogen (secondary N) is 1. The van der Waals surface area contributed by atoms with Crippen molar-refractivity contribution < 1.29 is 3.07 Å². The van der Waals surface area contributed by atoms with Crippen LogP contribution in [0, 0.1) is 0 Å². The van der Waals surface area contributed by atoms with Gasteiger partial charge in [-0.3, -0.25) is 10.2 Å². The van der Waals surface area contributed by atoms with Crippen molar-refractivity contribution in [3.8, 4) is 5.75 Å². The van der Waals surface area contributed by atoms with Crippen molar-refractivity contribution in [3.63, 3.8) is 0 Å². The van der Waals surface area contributed by atoms with Gasteiger partial charge < -0.3 is 3.07 Å². The Balaban J connectivity index is 1.64. The van der Waals surface area contributed by atoms with Crippen molar-refractivity contribution in [1.82, 2.24) is 10.2 Å². The number of benzene rings is 2. The minimum Gasteiger partial charge on any atom is -0.426 e. The molecule has 3 nitrogen and oxygen atoms in total. The van der Waals surface area contributed by atoms with E-state index in [1.165, 1.54) is 22.3 Å². The van der Waals surface area contributed by atoms with E-state index in [-0.39, 0.29) is 0 Å². The molecule has 1 atom stereocenters. The third-order valence-electron chi connectivity index (χ3n) is 4.62. The van der Waals surface area contributed by atoms with E-state index in [0.717, 1.165) is 36.8 Å². The van der Waals surface area contributed by atoms with Gasteiger partial charge >= 0.3 is 0 Å². The van der Waals surface area contributed by atoms with Crippen molar-refractivity contribution in [2.75, 3.05) is 6.54 Å². The van der Waals surface area contributed by atoms with Gasteiger partial charge in [-0.05, 0) is 48.6 Å². The van der Waals surface area contributed by atoms with Crippen molar-refractivity contribution in [2.24, 2.45) is 0 Å². The van der Waals surface area contributed by atoms with Crippen LogP contribution in [0.2, 0.25) is 5.02 Å². The molecule has 1 aliphatic rings. The number of hydrogen-bond donors (Lipinski definition) is 1. The normalized spacial score (nSPS) is 15.8. The first-order valence-corrected chi connectivity index (χ1v) is 11.3. The summed E-state index contributed by atoms with van der Waals surface area (Å²) in [4.78, 5) is 2.48. The summed E-state index contributed by atoms with van der Waals surface area (Å²) in [5, 5.41) is 4.31. The van der Waals surface area contributed by atoms with E-state index in [1.54, 1.807) is 0 Å². The highest BCUT2D eigenvalue weighted by atomic mass is 127. The zero-order valence-electron chi connectivity index (χ0n) is 14.9. The summed E-state index contributed by atoms with van der Waals surface area (Å²) >= 11 is 10.8. The van der Waals surface area contributed by atoms with Gasteiger partial charge in [-0.2, -0.15) is 0 Å². The Morgan fingerprint density at radius 2 is 1.92 bits per heavy atom. The minimum atomic E-state index is 0.347. The molecule has 0 spiro atoms. The molecular weight excluding hydrogens is 573 g/mol. The Hall–Kier alpha value is -0.0900. The van der Waals surface area contributed by atoms with Gasteiger partial charge in [-0.1, -0.05) is 64.5 Å². The van der Waals surface area contributed by atoms with Crippen LogP contribution in [0.1, 0.15) is 40.1 Å². The summed E-state index contributed by atoms with van der Waals surface area (Å²) in [5.41, 5.74) is 5.22. The fraction of sp³-hybridized carbons (Fsp3) is 0.400. The summed E-state index contributed by atoms with van der Waals surface area (Å²) in [6.07, 6.45) is 0.966. The second-order valence-corrected chi connectivity index (χ2v) is 9.04. The molecule has 0 saturated heterocycles. The summed E-state index contributed by atoms with van der Waals surface area (Å²) < 4.78 is 5.65. The molecule has 1 N–H and O–H groups in total. The van der Waals surface area contributed by atoms with Gasteiger partial charge in [0, 0.05) is 25.7 Å². The largest absolute Gasteiger partial charge is 0.426 e. The number of rotatable bonds is 6. The molecular formula is C20H23ClI2N2O. The van der Waals surface area contributed by atoms with Crippen LogP contribution in [-0.4, -0.2) is 17.5 Å². The van der Waals surface area contributed by atoms with E-state index in [0.29, 0.717) is 10.1 Å². The lowest BCUT2D eigenvalue weighted by atomic mass is 9.98. The molecule has 0 radical (unpaired) electrons. The van der Waals surface area contributed by atoms with Crippen molar-refractivity contribution in [1.29, 1.82) is 0 Å². The minimum absolute atomic E-state index is 0.347. The molecule has 140 valence electrons.